The molecule has 1 unspecified atom stereocenters. The van der Waals surface area contributed by atoms with E-state index in [-0.39, 0.29) is 22.3 Å². The SMILES string of the molecule is Cn1cc2c(c1C(=O)Nc1ccc(F)c(C#N)c1)C=C[C@H](C1CC1)NS2(=O)=N[Si](c1ccccc1)(c1ccccc1)C(C)(C)C. The van der Waals surface area contributed by atoms with Crippen molar-refractivity contribution in [3.8, 4) is 6.07 Å². The molecule has 0 saturated heterocycles. The number of nitriles is 1. The third-order valence-corrected chi connectivity index (χ3v) is 16.8. The molecule has 2 atom stereocenters. The van der Waals surface area contributed by atoms with Crippen LogP contribution in [0.1, 0.15) is 55.2 Å². The van der Waals surface area contributed by atoms with E-state index in [1.807, 2.05) is 54.6 Å². The van der Waals surface area contributed by atoms with Gasteiger partial charge in [-0.2, -0.15) is 5.26 Å². The second-order valence-corrected chi connectivity index (χ2v) is 19.3. The molecule has 0 bridgehead atoms. The quantitative estimate of drug-likeness (QED) is 0.254. The molecule has 10 heteroatoms. The van der Waals surface area contributed by atoms with Crippen LogP contribution in [-0.2, 0) is 17.0 Å². The number of aryl methyl sites for hydroxylation is 1. The number of anilines is 1. The van der Waals surface area contributed by atoms with Gasteiger partial charge in [-0.05, 0) is 52.4 Å². The molecule has 230 valence electrons. The molecule has 1 amide bonds. The molecule has 7 nitrogen and oxygen atoms in total. The lowest BCUT2D eigenvalue weighted by Crippen LogP contribution is -2.64. The second-order valence-electron chi connectivity index (χ2n) is 12.8. The zero-order chi connectivity index (χ0) is 32.0. The van der Waals surface area contributed by atoms with E-state index >= 15 is 4.21 Å². The van der Waals surface area contributed by atoms with Crippen LogP contribution in [0.15, 0.2) is 100 Å². The van der Waals surface area contributed by atoms with Crippen LogP contribution in [-0.4, -0.2) is 29.0 Å². The van der Waals surface area contributed by atoms with Crippen LogP contribution in [0.2, 0.25) is 5.04 Å². The third-order valence-electron chi connectivity index (χ3n) is 8.67. The Morgan fingerprint density at radius 1 is 1.07 bits per heavy atom. The summed E-state index contributed by atoms with van der Waals surface area (Å²) < 4.78 is 40.5. The Balaban J connectivity index is 1.59. The van der Waals surface area contributed by atoms with Crippen molar-refractivity contribution >= 4 is 46.2 Å². The first-order valence-electron chi connectivity index (χ1n) is 15.0. The van der Waals surface area contributed by atoms with Crippen molar-refractivity contribution < 1.29 is 13.4 Å². The maximum absolute atomic E-state index is 15.8. The smallest absolute Gasteiger partial charge is 0.272 e. The predicted molar refractivity (Wildman–Crippen MR) is 180 cm³/mol. The van der Waals surface area contributed by atoms with Gasteiger partial charge in [0.1, 0.15) is 27.5 Å². The lowest BCUT2D eigenvalue weighted by molar-refractivity contribution is 0.101. The number of fused-ring (bicyclic) bond motifs is 1. The van der Waals surface area contributed by atoms with Crippen LogP contribution in [0.3, 0.4) is 0 Å². The minimum absolute atomic E-state index is 0.165. The molecule has 6 rings (SSSR count). The van der Waals surface area contributed by atoms with Gasteiger partial charge >= 0.3 is 0 Å². The van der Waals surface area contributed by atoms with Crippen LogP contribution < -0.4 is 20.4 Å². The molecule has 1 fully saturated rings. The van der Waals surface area contributed by atoms with Gasteiger partial charge in [0.2, 0.25) is 0 Å². The fourth-order valence-electron chi connectivity index (χ4n) is 6.26. The van der Waals surface area contributed by atoms with Gasteiger partial charge in [0, 0.05) is 30.5 Å². The van der Waals surface area contributed by atoms with Crippen LogP contribution in [0.25, 0.3) is 6.08 Å². The van der Waals surface area contributed by atoms with Gasteiger partial charge in [-0.25, -0.2) is 17.3 Å². The largest absolute Gasteiger partial charge is 0.345 e. The first-order chi connectivity index (χ1) is 21.5. The number of hydrogen-bond acceptors (Lipinski definition) is 4. The Hall–Kier alpha value is -4.30. The summed E-state index contributed by atoms with van der Waals surface area (Å²) in [5, 5.41) is 13.8. The number of nitrogens with one attached hydrogen (secondary N) is 2. The van der Waals surface area contributed by atoms with Crippen molar-refractivity contribution in [2.45, 2.75) is 49.6 Å². The molecule has 2 aliphatic rings. The minimum atomic E-state index is -3.32. The highest BCUT2D eigenvalue weighted by molar-refractivity contribution is 7.92. The van der Waals surface area contributed by atoms with Crippen molar-refractivity contribution in [2.24, 2.45) is 17.0 Å². The van der Waals surface area contributed by atoms with Crippen molar-refractivity contribution in [3.05, 3.63) is 114 Å². The molecule has 4 aromatic rings. The van der Waals surface area contributed by atoms with Crippen LogP contribution in [0, 0.1) is 23.1 Å². The normalized spacial score (nSPS) is 19.7. The van der Waals surface area contributed by atoms with E-state index in [2.05, 4.69) is 55.1 Å². The highest BCUT2D eigenvalue weighted by Crippen LogP contribution is 2.41. The first-order valence-corrected chi connectivity index (χ1v) is 18.5. The van der Waals surface area contributed by atoms with Crippen LogP contribution in [0.5, 0.6) is 0 Å². The Bertz CT molecular complexity index is 1930. The average molecular weight is 638 g/mol. The summed E-state index contributed by atoms with van der Waals surface area (Å²) in [6.07, 6.45) is 7.68. The van der Waals surface area contributed by atoms with Gasteiger partial charge in [-0.15, -0.1) is 0 Å². The molecule has 0 radical (unpaired) electrons. The van der Waals surface area contributed by atoms with Crippen LogP contribution >= 0.6 is 0 Å². The first kappa shape index (κ1) is 30.7. The number of rotatable bonds is 6. The monoisotopic (exact) mass is 637 g/mol. The van der Waals surface area contributed by atoms with Crippen LogP contribution in [0.4, 0.5) is 10.1 Å². The number of aromatic nitrogens is 1. The number of carbonyl (C=O) groups excluding carboxylic acids is 1. The van der Waals surface area contributed by atoms with Crippen molar-refractivity contribution in [3.63, 3.8) is 0 Å². The summed E-state index contributed by atoms with van der Waals surface area (Å²) >= 11 is 0. The number of carbonyl (C=O) groups is 1. The van der Waals surface area contributed by atoms with E-state index < -0.39 is 29.9 Å². The summed E-state index contributed by atoms with van der Waals surface area (Å²) in [7, 11) is -4.75. The minimum Gasteiger partial charge on any atom is -0.345 e. The molecule has 3 aromatic carbocycles. The summed E-state index contributed by atoms with van der Waals surface area (Å²) in [6.45, 7) is 6.51. The summed E-state index contributed by atoms with van der Waals surface area (Å²) in [5.74, 6) is -0.793. The highest BCUT2D eigenvalue weighted by Gasteiger charge is 2.51. The van der Waals surface area contributed by atoms with E-state index in [0.717, 1.165) is 29.3 Å². The molecule has 0 spiro atoms. The van der Waals surface area contributed by atoms with Gasteiger partial charge < -0.3 is 9.88 Å². The lowest BCUT2D eigenvalue weighted by Gasteiger charge is -2.40. The van der Waals surface area contributed by atoms with Crippen molar-refractivity contribution in [1.82, 2.24) is 9.29 Å². The molecular weight excluding hydrogens is 602 g/mol. The van der Waals surface area contributed by atoms with E-state index in [4.69, 9.17) is 4.03 Å². The summed E-state index contributed by atoms with van der Waals surface area (Å²) in [5.41, 5.74) is 0.951. The molecular formula is C35H36FN5O2SSi. The van der Waals surface area contributed by atoms with E-state index in [0.29, 0.717) is 22.1 Å². The number of amides is 1. The summed E-state index contributed by atoms with van der Waals surface area (Å²) in [4.78, 5) is 14.3. The molecule has 1 saturated carbocycles. The standard InChI is InChI=1S/C35H36FN5O2SSi/c1-35(2,3)45(27-11-7-5-8-12-27,28-13-9-6-10-14-28)40-44(43)32-23-41(4)33(29(32)18-20-31(39-44)24-15-16-24)34(42)38-26-17-19-30(36)25(21-26)22-37/h5-14,17-21,23-24,31H,15-16H2,1-4H3,(H,38,42)(H,39,40,43)/t31-,44?/m1/s1. The van der Waals surface area contributed by atoms with Gasteiger partial charge in [0.25, 0.3) is 14.1 Å². The second kappa shape index (κ2) is 11.6. The fraction of sp³-hybridized carbons (Fsp3) is 0.257. The Morgan fingerprint density at radius 2 is 1.69 bits per heavy atom. The third kappa shape index (κ3) is 5.56. The maximum atomic E-state index is 15.8. The van der Waals surface area contributed by atoms with Gasteiger partial charge in [-0.3, -0.25) is 4.79 Å². The number of nitrogens with zero attached hydrogens (tertiary/aromatic N) is 3. The van der Waals surface area contributed by atoms with E-state index in [9.17, 15) is 14.4 Å². The Morgan fingerprint density at radius 3 is 2.24 bits per heavy atom. The maximum Gasteiger partial charge on any atom is 0.272 e. The zero-order valence-electron chi connectivity index (χ0n) is 25.8. The predicted octanol–water partition coefficient (Wildman–Crippen LogP) is 5.99. The molecule has 2 N–H and O–H groups in total. The van der Waals surface area contributed by atoms with Gasteiger partial charge in [0.05, 0.1) is 10.5 Å². The Kier molecular flexibility index (Phi) is 7.89. The number of halogens is 1. The van der Waals surface area contributed by atoms with Crippen molar-refractivity contribution in [2.75, 3.05) is 5.32 Å². The van der Waals surface area contributed by atoms with E-state index in [1.165, 1.54) is 12.1 Å². The van der Waals surface area contributed by atoms with E-state index in [1.54, 1.807) is 17.8 Å². The highest BCUT2D eigenvalue weighted by atomic mass is 32.2. The van der Waals surface area contributed by atoms with Gasteiger partial charge in [0.15, 0.2) is 0 Å². The molecule has 1 aromatic heterocycles. The van der Waals surface area contributed by atoms with Gasteiger partial charge in [-0.1, -0.05) is 93.6 Å². The summed E-state index contributed by atoms with van der Waals surface area (Å²) in [6, 6.07) is 25.8. The molecule has 45 heavy (non-hydrogen) atoms. The Labute approximate surface area is 265 Å². The lowest BCUT2D eigenvalue weighted by atomic mass is 10.1. The fourth-order valence-corrected chi connectivity index (χ4v) is 15.3. The topological polar surface area (TPSA) is 99.3 Å². The number of benzene rings is 3. The molecule has 2 heterocycles. The van der Waals surface area contributed by atoms with Crippen molar-refractivity contribution in [1.29, 1.82) is 5.26 Å². The number of hydrogen-bond donors (Lipinski definition) is 2. The molecule has 1 aliphatic heterocycles. The average Bonchev–Trinajstić information content (AvgIpc) is 3.82. The molecule has 1 aliphatic carbocycles. The zero-order valence-corrected chi connectivity index (χ0v) is 27.6.